The Hall–Kier alpha value is -3.56. The molecule has 40 heavy (non-hydrogen) atoms. The van der Waals surface area contributed by atoms with Crippen molar-refractivity contribution in [1.29, 1.82) is 0 Å². The van der Waals surface area contributed by atoms with Crippen molar-refractivity contribution in [3.8, 4) is 5.75 Å². The van der Waals surface area contributed by atoms with Crippen LogP contribution in [-0.4, -0.2) is 57.6 Å². The molecule has 0 spiro atoms. The van der Waals surface area contributed by atoms with E-state index < -0.39 is 28.5 Å². The number of methoxy groups -OCH3 is 1. The van der Waals surface area contributed by atoms with Crippen LogP contribution in [0.15, 0.2) is 78.9 Å². The van der Waals surface area contributed by atoms with Gasteiger partial charge in [-0.05, 0) is 41.8 Å². The number of ether oxygens (including phenoxy) is 1. The summed E-state index contributed by atoms with van der Waals surface area (Å²) in [6.45, 7) is 2.07. The molecule has 0 saturated carbocycles. The fourth-order valence-electron chi connectivity index (χ4n) is 4.28. The van der Waals surface area contributed by atoms with Crippen molar-refractivity contribution in [3.05, 3.63) is 95.0 Å². The van der Waals surface area contributed by atoms with Crippen LogP contribution in [0.3, 0.4) is 0 Å². The number of halogens is 1. The third kappa shape index (κ3) is 8.72. The normalized spacial score (nSPS) is 11.9. The Balaban J connectivity index is 2.05. The highest BCUT2D eigenvalue weighted by Crippen LogP contribution is 2.30. The predicted molar refractivity (Wildman–Crippen MR) is 159 cm³/mol. The highest BCUT2D eigenvalue weighted by atomic mass is 35.5. The van der Waals surface area contributed by atoms with Gasteiger partial charge in [0.25, 0.3) is 0 Å². The van der Waals surface area contributed by atoms with E-state index in [0.29, 0.717) is 17.3 Å². The molecule has 3 aromatic rings. The summed E-state index contributed by atoms with van der Waals surface area (Å²) >= 11 is 6.09. The molecule has 1 N–H and O–H groups in total. The molecule has 8 nitrogen and oxygen atoms in total. The number of hydrogen-bond acceptors (Lipinski definition) is 5. The number of benzene rings is 3. The molecule has 0 saturated heterocycles. The summed E-state index contributed by atoms with van der Waals surface area (Å²) in [5.74, 6) is -0.524. The van der Waals surface area contributed by atoms with Crippen LogP contribution in [0.25, 0.3) is 0 Å². The van der Waals surface area contributed by atoms with Gasteiger partial charge in [-0.1, -0.05) is 79.5 Å². The zero-order valence-corrected chi connectivity index (χ0v) is 24.6. The number of hydrogen-bond donors (Lipinski definition) is 1. The lowest BCUT2D eigenvalue weighted by molar-refractivity contribution is -0.140. The van der Waals surface area contributed by atoms with Gasteiger partial charge in [0.1, 0.15) is 18.3 Å². The molecule has 0 aliphatic heterocycles. The molecule has 3 rings (SSSR count). The number of nitrogens with one attached hydrogen (secondary N) is 1. The van der Waals surface area contributed by atoms with E-state index in [-0.39, 0.29) is 24.6 Å². The van der Waals surface area contributed by atoms with Gasteiger partial charge in [-0.25, -0.2) is 8.42 Å². The highest BCUT2D eigenvalue weighted by molar-refractivity contribution is 7.92. The van der Waals surface area contributed by atoms with Crippen LogP contribution in [0.2, 0.25) is 5.02 Å². The Morgan fingerprint density at radius 1 is 0.950 bits per heavy atom. The Labute approximate surface area is 241 Å². The zero-order valence-electron chi connectivity index (χ0n) is 23.0. The second kappa shape index (κ2) is 14.7. The summed E-state index contributed by atoms with van der Waals surface area (Å²) in [5.41, 5.74) is 1.86. The lowest BCUT2D eigenvalue weighted by atomic mass is 10.0. The van der Waals surface area contributed by atoms with Gasteiger partial charge >= 0.3 is 0 Å². The van der Waals surface area contributed by atoms with E-state index in [1.54, 1.807) is 48.5 Å². The average molecular weight is 586 g/mol. The second-order valence-electron chi connectivity index (χ2n) is 9.44. The molecule has 0 aromatic heterocycles. The smallest absolute Gasteiger partial charge is 0.244 e. The quantitative estimate of drug-likeness (QED) is 0.277. The third-order valence-electron chi connectivity index (χ3n) is 6.40. The van der Waals surface area contributed by atoms with Crippen molar-refractivity contribution in [2.75, 3.05) is 30.8 Å². The molecule has 0 bridgehead atoms. The van der Waals surface area contributed by atoms with E-state index in [4.69, 9.17) is 16.3 Å². The Kier molecular flexibility index (Phi) is 11.4. The van der Waals surface area contributed by atoms with Gasteiger partial charge in [-0.15, -0.1) is 0 Å². The molecule has 2 amide bonds. The molecule has 214 valence electrons. The van der Waals surface area contributed by atoms with Crippen LogP contribution in [-0.2, 0) is 32.6 Å². The first-order valence-electron chi connectivity index (χ1n) is 13.1. The SMILES string of the molecule is CCCCNC(=O)[C@H](Cc1ccccc1)N(Cc1ccc(Cl)cc1)C(=O)CN(c1ccccc1OC)S(C)(=O)=O. The minimum absolute atomic E-state index is 0.0816. The fourth-order valence-corrected chi connectivity index (χ4v) is 5.26. The molecule has 0 heterocycles. The van der Waals surface area contributed by atoms with Crippen molar-refractivity contribution in [1.82, 2.24) is 10.2 Å². The Morgan fingerprint density at radius 2 is 1.60 bits per heavy atom. The molecular weight excluding hydrogens is 550 g/mol. The maximum absolute atomic E-state index is 14.1. The number of rotatable bonds is 14. The number of unbranched alkanes of at least 4 members (excludes halogenated alkanes) is 1. The number of para-hydroxylation sites is 2. The number of sulfonamides is 1. The van der Waals surface area contributed by atoms with Gasteiger partial charge in [0.05, 0.1) is 19.1 Å². The van der Waals surface area contributed by atoms with Crippen LogP contribution < -0.4 is 14.4 Å². The first-order valence-corrected chi connectivity index (χ1v) is 15.3. The van der Waals surface area contributed by atoms with Gasteiger partial charge in [-0.3, -0.25) is 13.9 Å². The predicted octanol–water partition coefficient (Wildman–Crippen LogP) is 4.67. The number of carbonyl (C=O) groups excluding carboxylic acids is 2. The number of amides is 2. The molecule has 3 aromatic carbocycles. The molecule has 0 unspecified atom stereocenters. The van der Waals surface area contributed by atoms with E-state index in [1.165, 1.54) is 12.0 Å². The summed E-state index contributed by atoms with van der Waals surface area (Å²) in [4.78, 5) is 29.1. The summed E-state index contributed by atoms with van der Waals surface area (Å²) in [7, 11) is -2.46. The maximum Gasteiger partial charge on any atom is 0.244 e. The molecule has 10 heteroatoms. The highest BCUT2D eigenvalue weighted by Gasteiger charge is 2.33. The van der Waals surface area contributed by atoms with Crippen LogP contribution in [0, 0.1) is 0 Å². The number of carbonyl (C=O) groups is 2. The minimum atomic E-state index is -3.89. The molecule has 0 aliphatic rings. The van der Waals surface area contributed by atoms with Crippen LogP contribution in [0.5, 0.6) is 5.75 Å². The van der Waals surface area contributed by atoms with Gasteiger partial charge in [0, 0.05) is 24.5 Å². The van der Waals surface area contributed by atoms with Crippen molar-refractivity contribution < 1.29 is 22.7 Å². The molecule has 0 aliphatic carbocycles. The van der Waals surface area contributed by atoms with E-state index in [0.717, 1.165) is 34.5 Å². The summed E-state index contributed by atoms with van der Waals surface area (Å²) < 4.78 is 32.3. The monoisotopic (exact) mass is 585 g/mol. The molecule has 0 fully saturated rings. The Bertz CT molecular complexity index is 1370. The third-order valence-corrected chi connectivity index (χ3v) is 7.78. The van der Waals surface area contributed by atoms with Gasteiger partial charge < -0.3 is 15.0 Å². The van der Waals surface area contributed by atoms with Crippen molar-refractivity contribution in [2.45, 2.75) is 38.8 Å². The van der Waals surface area contributed by atoms with Gasteiger partial charge in [0.15, 0.2) is 0 Å². The van der Waals surface area contributed by atoms with Crippen molar-refractivity contribution in [2.24, 2.45) is 0 Å². The number of anilines is 1. The summed E-state index contributed by atoms with van der Waals surface area (Å²) in [6.07, 6.45) is 2.99. The van der Waals surface area contributed by atoms with Crippen LogP contribution in [0.4, 0.5) is 5.69 Å². The minimum Gasteiger partial charge on any atom is -0.495 e. The van der Waals surface area contributed by atoms with Crippen molar-refractivity contribution in [3.63, 3.8) is 0 Å². The van der Waals surface area contributed by atoms with Crippen LogP contribution >= 0.6 is 11.6 Å². The fraction of sp³-hybridized carbons (Fsp3) is 0.333. The topological polar surface area (TPSA) is 96.0 Å². The Morgan fingerprint density at radius 3 is 2.23 bits per heavy atom. The van der Waals surface area contributed by atoms with E-state index in [1.807, 2.05) is 37.3 Å². The van der Waals surface area contributed by atoms with E-state index in [2.05, 4.69) is 5.32 Å². The summed E-state index contributed by atoms with van der Waals surface area (Å²) in [6, 6.07) is 22.1. The molecule has 1 atom stereocenters. The number of nitrogens with zero attached hydrogens (tertiary/aromatic N) is 2. The second-order valence-corrected chi connectivity index (χ2v) is 11.8. The average Bonchev–Trinajstić information content (AvgIpc) is 2.94. The van der Waals surface area contributed by atoms with Crippen LogP contribution in [0.1, 0.15) is 30.9 Å². The largest absolute Gasteiger partial charge is 0.495 e. The van der Waals surface area contributed by atoms with Gasteiger partial charge in [-0.2, -0.15) is 0 Å². The first kappa shape index (κ1) is 31.0. The standard InChI is InChI=1S/C30H36ClN3O5S/c1-4-5-19-32-30(36)27(20-23-11-7-6-8-12-23)33(21-24-15-17-25(31)18-16-24)29(35)22-34(40(3,37)38)26-13-9-10-14-28(26)39-2/h6-18,27H,4-5,19-22H2,1-3H3,(H,32,36)/t27-/m0/s1. The molecular formula is C30H36ClN3O5S. The zero-order chi connectivity index (χ0) is 29.1. The van der Waals surface area contributed by atoms with E-state index in [9.17, 15) is 18.0 Å². The van der Waals surface area contributed by atoms with Gasteiger partial charge in [0.2, 0.25) is 21.8 Å². The molecule has 0 radical (unpaired) electrons. The maximum atomic E-state index is 14.1. The lowest BCUT2D eigenvalue weighted by Gasteiger charge is -2.33. The summed E-state index contributed by atoms with van der Waals surface area (Å²) in [5, 5.41) is 3.50. The lowest BCUT2D eigenvalue weighted by Crippen LogP contribution is -2.53. The van der Waals surface area contributed by atoms with E-state index >= 15 is 0 Å². The van der Waals surface area contributed by atoms with Crippen molar-refractivity contribution >= 4 is 39.1 Å². The first-order chi connectivity index (χ1) is 19.1.